The second-order valence-corrected chi connectivity index (χ2v) is 7.25. The Labute approximate surface area is 183 Å². The van der Waals surface area contributed by atoms with Gasteiger partial charge in [0.2, 0.25) is 0 Å². The summed E-state index contributed by atoms with van der Waals surface area (Å²) in [6.45, 7) is 0.587. The molecular formula is C24H27ClN2O3. The Hall–Kier alpha value is -2.76. The maximum Gasteiger partial charge on any atom is 0.170 e. The van der Waals surface area contributed by atoms with E-state index in [1.54, 1.807) is 30.3 Å². The van der Waals surface area contributed by atoms with Gasteiger partial charge in [0.05, 0.1) is 5.57 Å². The van der Waals surface area contributed by atoms with E-state index in [-0.39, 0.29) is 48.2 Å². The van der Waals surface area contributed by atoms with E-state index in [1.807, 2.05) is 25.2 Å². The van der Waals surface area contributed by atoms with Crippen LogP contribution in [0.5, 0.6) is 0 Å². The molecule has 2 aromatic rings. The molecule has 0 aromatic heterocycles. The molecule has 0 unspecified atom stereocenters. The zero-order chi connectivity index (χ0) is 20.8. The number of Topliss-reactive ketones (excluding diaryl/α,β-unsaturated/α-hetero) is 3. The van der Waals surface area contributed by atoms with Crippen LogP contribution in [0.25, 0.3) is 6.08 Å². The standard InChI is InChI=1S/C24H26N2O3.ClH/c1-26-21-6-4-5-18-14-20(24(29)15-19(18)21)23(28)13-16-8-10-17(11-9-16)22(27)7-2-3-12-25;/h4-6,8-11,14,26H,2-3,7,12-13,15,25H2,1H3;1H. The van der Waals surface area contributed by atoms with Crippen LogP contribution in [0.4, 0.5) is 5.69 Å². The van der Waals surface area contributed by atoms with Crippen LogP contribution in [0.3, 0.4) is 0 Å². The van der Waals surface area contributed by atoms with Gasteiger partial charge in [0.15, 0.2) is 17.3 Å². The fourth-order valence-electron chi connectivity index (χ4n) is 3.56. The van der Waals surface area contributed by atoms with Crippen molar-refractivity contribution in [2.24, 2.45) is 5.73 Å². The number of nitrogens with one attached hydrogen (secondary N) is 1. The summed E-state index contributed by atoms with van der Waals surface area (Å²) >= 11 is 0. The van der Waals surface area contributed by atoms with E-state index in [2.05, 4.69) is 5.32 Å². The molecule has 3 rings (SSSR count). The molecule has 0 saturated heterocycles. The molecular weight excluding hydrogens is 400 g/mol. The maximum atomic E-state index is 12.8. The minimum atomic E-state index is -0.197. The average molecular weight is 427 g/mol. The molecule has 0 heterocycles. The van der Waals surface area contributed by atoms with Gasteiger partial charge in [-0.15, -0.1) is 12.4 Å². The van der Waals surface area contributed by atoms with Gasteiger partial charge in [-0.1, -0.05) is 36.4 Å². The minimum absolute atomic E-state index is 0. The van der Waals surface area contributed by atoms with Crippen molar-refractivity contribution in [2.45, 2.75) is 32.1 Å². The highest BCUT2D eigenvalue weighted by molar-refractivity contribution is 6.25. The van der Waals surface area contributed by atoms with Crippen LogP contribution >= 0.6 is 12.4 Å². The molecule has 3 N–H and O–H groups in total. The number of halogens is 1. The van der Waals surface area contributed by atoms with E-state index in [4.69, 9.17) is 5.73 Å². The lowest BCUT2D eigenvalue weighted by molar-refractivity contribution is -0.120. The number of nitrogens with two attached hydrogens (primary N) is 1. The predicted molar refractivity (Wildman–Crippen MR) is 122 cm³/mol. The molecule has 0 saturated carbocycles. The molecule has 1 aliphatic rings. The van der Waals surface area contributed by atoms with Crippen LogP contribution in [-0.2, 0) is 22.4 Å². The zero-order valence-corrected chi connectivity index (χ0v) is 17.9. The van der Waals surface area contributed by atoms with Gasteiger partial charge in [-0.3, -0.25) is 14.4 Å². The second kappa shape index (κ2) is 10.9. The molecule has 0 bridgehead atoms. The monoisotopic (exact) mass is 426 g/mol. The van der Waals surface area contributed by atoms with Gasteiger partial charge in [0.25, 0.3) is 0 Å². The van der Waals surface area contributed by atoms with Crippen LogP contribution in [0.15, 0.2) is 48.0 Å². The van der Waals surface area contributed by atoms with Gasteiger partial charge in [-0.25, -0.2) is 0 Å². The van der Waals surface area contributed by atoms with Crippen LogP contribution in [-0.4, -0.2) is 30.9 Å². The summed E-state index contributed by atoms with van der Waals surface area (Å²) in [5, 5.41) is 3.09. The minimum Gasteiger partial charge on any atom is -0.388 e. The summed E-state index contributed by atoms with van der Waals surface area (Å²) in [4.78, 5) is 37.5. The zero-order valence-electron chi connectivity index (χ0n) is 17.1. The first kappa shape index (κ1) is 23.5. The third-order valence-corrected chi connectivity index (χ3v) is 5.22. The molecule has 0 spiro atoms. The summed E-state index contributed by atoms with van der Waals surface area (Å²) in [6, 6.07) is 12.8. The first-order valence-corrected chi connectivity index (χ1v) is 9.93. The Bertz CT molecular complexity index is 965. The lowest BCUT2D eigenvalue weighted by atomic mass is 9.86. The Kier molecular flexibility index (Phi) is 8.51. The number of unbranched alkanes of at least 4 members (excludes halogenated alkanes) is 1. The Balaban J connectivity index is 0.00000320. The number of fused-ring (bicyclic) bond motifs is 1. The molecule has 0 atom stereocenters. The molecule has 0 amide bonds. The number of allylic oxidation sites excluding steroid dienone is 1. The van der Waals surface area contributed by atoms with Gasteiger partial charge in [-0.2, -0.15) is 0 Å². The van der Waals surface area contributed by atoms with E-state index in [0.717, 1.165) is 35.2 Å². The molecule has 6 heteroatoms. The summed E-state index contributed by atoms with van der Waals surface area (Å²) in [5.74, 6) is -0.270. The highest BCUT2D eigenvalue weighted by Crippen LogP contribution is 2.28. The molecule has 30 heavy (non-hydrogen) atoms. The number of hydrogen-bond donors (Lipinski definition) is 2. The van der Waals surface area contributed by atoms with Gasteiger partial charge in [-0.05, 0) is 48.2 Å². The number of rotatable bonds is 9. The third-order valence-electron chi connectivity index (χ3n) is 5.22. The second-order valence-electron chi connectivity index (χ2n) is 7.25. The normalized spacial score (nSPS) is 12.5. The summed E-state index contributed by atoms with van der Waals surface area (Å²) in [5.41, 5.74) is 9.86. The number of anilines is 1. The number of carbonyl (C=O) groups excluding carboxylic acids is 3. The molecule has 1 aliphatic carbocycles. The lowest BCUT2D eigenvalue weighted by Crippen LogP contribution is -2.21. The van der Waals surface area contributed by atoms with Crippen molar-refractivity contribution in [1.82, 2.24) is 0 Å². The van der Waals surface area contributed by atoms with E-state index < -0.39 is 0 Å². The molecule has 0 fully saturated rings. The number of hydrogen-bond acceptors (Lipinski definition) is 5. The summed E-state index contributed by atoms with van der Waals surface area (Å²) in [7, 11) is 1.82. The fraction of sp³-hybridized carbons (Fsp3) is 0.292. The summed E-state index contributed by atoms with van der Waals surface area (Å²) < 4.78 is 0. The van der Waals surface area contributed by atoms with Crippen molar-refractivity contribution in [3.05, 3.63) is 70.3 Å². The van der Waals surface area contributed by atoms with Crippen molar-refractivity contribution in [3.63, 3.8) is 0 Å². The lowest BCUT2D eigenvalue weighted by Gasteiger charge is -2.18. The van der Waals surface area contributed by atoms with Crippen molar-refractivity contribution in [3.8, 4) is 0 Å². The van der Waals surface area contributed by atoms with E-state index in [9.17, 15) is 14.4 Å². The van der Waals surface area contributed by atoms with Crippen molar-refractivity contribution in [2.75, 3.05) is 18.9 Å². The fourth-order valence-corrected chi connectivity index (χ4v) is 3.56. The van der Waals surface area contributed by atoms with Gasteiger partial charge < -0.3 is 11.1 Å². The number of benzene rings is 2. The summed E-state index contributed by atoms with van der Waals surface area (Å²) in [6.07, 6.45) is 4.15. The smallest absolute Gasteiger partial charge is 0.170 e. The van der Waals surface area contributed by atoms with Gasteiger partial charge in [0, 0.05) is 37.6 Å². The molecule has 5 nitrogen and oxygen atoms in total. The van der Waals surface area contributed by atoms with Crippen LogP contribution in [0, 0.1) is 0 Å². The number of ketones is 3. The molecule has 158 valence electrons. The SMILES string of the molecule is CNc1cccc2c1CC(=O)C(C(=O)Cc1ccc(C(=O)CCCCN)cc1)=C2.Cl. The van der Waals surface area contributed by atoms with E-state index in [0.29, 0.717) is 18.5 Å². The highest BCUT2D eigenvalue weighted by atomic mass is 35.5. The number of carbonyl (C=O) groups is 3. The quantitative estimate of drug-likeness (QED) is 0.362. The van der Waals surface area contributed by atoms with Gasteiger partial charge in [0.1, 0.15) is 0 Å². The van der Waals surface area contributed by atoms with Crippen molar-refractivity contribution < 1.29 is 14.4 Å². The highest BCUT2D eigenvalue weighted by Gasteiger charge is 2.25. The van der Waals surface area contributed by atoms with E-state index in [1.165, 1.54) is 0 Å². The Morgan fingerprint density at radius 3 is 2.43 bits per heavy atom. The average Bonchev–Trinajstić information content (AvgIpc) is 2.73. The largest absolute Gasteiger partial charge is 0.388 e. The first-order valence-electron chi connectivity index (χ1n) is 9.93. The van der Waals surface area contributed by atoms with E-state index >= 15 is 0 Å². The molecule has 0 radical (unpaired) electrons. The van der Waals surface area contributed by atoms with Crippen LogP contribution in [0.1, 0.15) is 46.3 Å². The first-order chi connectivity index (χ1) is 14.0. The van der Waals surface area contributed by atoms with Gasteiger partial charge >= 0.3 is 0 Å². The third kappa shape index (κ3) is 5.43. The maximum absolute atomic E-state index is 12.8. The Morgan fingerprint density at radius 1 is 1.03 bits per heavy atom. The molecule has 0 aliphatic heterocycles. The molecule has 2 aromatic carbocycles. The Morgan fingerprint density at radius 2 is 1.77 bits per heavy atom. The van der Waals surface area contributed by atoms with Crippen LogP contribution in [0.2, 0.25) is 0 Å². The van der Waals surface area contributed by atoms with Crippen molar-refractivity contribution >= 4 is 41.5 Å². The topological polar surface area (TPSA) is 89.3 Å². The predicted octanol–water partition coefficient (Wildman–Crippen LogP) is 3.78. The van der Waals surface area contributed by atoms with Crippen molar-refractivity contribution in [1.29, 1.82) is 0 Å². The van der Waals surface area contributed by atoms with Crippen LogP contribution < -0.4 is 11.1 Å².